The van der Waals surface area contributed by atoms with Gasteiger partial charge in [-0.25, -0.2) is 4.98 Å². The number of nitrogens with zero attached hydrogens (tertiary/aromatic N) is 3. The Hall–Kier alpha value is -2.83. The first-order chi connectivity index (χ1) is 11.5. The molecule has 1 aliphatic heterocycles. The van der Waals surface area contributed by atoms with Crippen molar-refractivity contribution in [1.29, 1.82) is 0 Å². The van der Waals surface area contributed by atoms with Crippen LogP contribution in [0.1, 0.15) is 18.5 Å². The predicted octanol–water partition coefficient (Wildman–Crippen LogP) is 2.96. The van der Waals surface area contributed by atoms with Crippen LogP contribution in [0.2, 0.25) is 0 Å². The summed E-state index contributed by atoms with van der Waals surface area (Å²) >= 11 is 0. The van der Waals surface area contributed by atoms with Gasteiger partial charge in [0.15, 0.2) is 0 Å². The Balaban J connectivity index is 1.66. The second-order valence-electron chi connectivity index (χ2n) is 6.08. The second-order valence-corrected chi connectivity index (χ2v) is 6.08. The Bertz CT molecular complexity index is 742. The summed E-state index contributed by atoms with van der Waals surface area (Å²) in [4.78, 5) is 17.6. The van der Waals surface area contributed by atoms with Crippen LogP contribution in [0.3, 0.4) is 0 Å². The number of rotatable bonds is 4. The van der Waals surface area contributed by atoms with Crippen LogP contribution in [0.15, 0.2) is 36.4 Å². The number of nitro benzene ring substituents is 1. The monoisotopic (exact) mass is 327 g/mol. The van der Waals surface area contributed by atoms with Gasteiger partial charge in [-0.05, 0) is 44.0 Å². The maximum atomic E-state index is 11.2. The molecule has 0 spiro atoms. The van der Waals surface area contributed by atoms with Crippen molar-refractivity contribution in [3.05, 3.63) is 52.2 Å². The van der Waals surface area contributed by atoms with E-state index in [2.05, 4.69) is 15.2 Å². The second kappa shape index (κ2) is 6.74. The van der Waals surface area contributed by atoms with E-state index in [1.807, 2.05) is 25.1 Å². The molecule has 1 saturated heterocycles. The Kier molecular flexibility index (Phi) is 4.50. The van der Waals surface area contributed by atoms with E-state index in [9.17, 15) is 10.1 Å². The van der Waals surface area contributed by atoms with E-state index in [0.29, 0.717) is 11.4 Å². The quantitative estimate of drug-likeness (QED) is 0.509. The molecule has 7 heteroatoms. The van der Waals surface area contributed by atoms with Gasteiger partial charge in [-0.3, -0.25) is 10.1 Å². The van der Waals surface area contributed by atoms with Crippen LogP contribution in [0.5, 0.6) is 0 Å². The van der Waals surface area contributed by atoms with Crippen LogP contribution < -0.4 is 16.0 Å². The van der Waals surface area contributed by atoms with Gasteiger partial charge in [-0.15, -0.1) is 0 Å². The number of pyridine rings is 1. The van der Waals surface area contributed by atoms with Crippen LogP contribution in [0.25, 0.3) is 0 Å². The summed E-state index contributed by atoms with van der Waals surface area (Å²) in [6.45, 7) is 3.71. The molecule has 0 radical (unpaired) electrons. The van der Waals surface area contributed by atoms with Crippen molar-refractivity contribution in [1.82, 2.24) is 4.98 Å². The van der Waals surface area contributed by atoms with E-state index in [-0.39, 0.29) is 16.7 Å². The minimum Gasteiger partial charge on any atom is -0.399 e. The van der Waals surface area contributed by atoms with Crippen LogP contribution in [-0.4, -0.2) is 29.0 Å². The molecule has 3 N–H and O–H groups in total. The van der Waals surface area contributed by atoms with Gasteiger partial charge in [-0.2, -0.15) is 0 Å². The number of piperidine rings is 1. The van der Waals surface area contributed by atoms with Gasteiger partial charge >= 0.3 is 0 Å². The Morgan fingerprint density at radius 2 is 2.04 bits per heavy atom. The van der Waals surface area contributed by atoms with Crippen molar-refractivity contribution in [2.75, 3.05) is 29.0 Å². The third-order valence-corrected chi connectivity index (χ3v) is 4.27. The number of aromatic nitrogens is 1. The molecule has 1 aliphatic rings. The maximum absolute atomic E-state index is 11.2. The van der Waals surface area contributed by atoms with Gasteiger partial charge in [0.25, 0.3) is 5.69 Å². The van der Waals surface area contributed by atoms with E-state index in [1.165, 1.54) is 6.07 Å². The Labute approximate surface area is 140 Å². The molecule has 2 heterocycles. The van der Waals surface area contributed by atoms with Crippen molar-refractivity contribution in [2.24, 2.45) is 0 Å². The number of aryl methyl sites for hydroxylation is 1. The molecular formula is C17H21N5O2. The molecule has 0 amide bonds. The lowest BCUT2D eigenvalue weighted by molar-refractivity contribution is -0.384. The number of nitrogens with one attached hydrogen (secondary N) is 1. The highest BCUT2D eigenvalue weighted by Gasteiger charge is 2.23. The molecule has 1 aromatic heterocycles. The van der Waals surface area contributed by atoms with Crippen LogP contribution in [-0.2, 0) is 0 Å². The molecule has 2 aromatic rings. The first kappa shape index (κ1) is 16.0. The topological polar surface area (TPSA) is 97.3 Å². The van der Waals surface area contributed by atoms with E-state index in [0.717, 1.165) is 37.4 Å². The minimum atomic E-state index is -0.381. The predicted molar refractivity (Wildman–Crippen MR) is 95.3 cm³/mol. The lowest BCUT2D eigenvalue weighted by atomic mass is 10.0. The lowest BCUT2D eigenvalue weighted by Crippen LogP contribution is -2.39. The molecule has 126 valence electrons. The van der Waals surface area contributed by atoms with Gasteiger partial charge in [0.2, 0.25) is 0 Å². The molecule has 0 unspecified atom stereocenters. The number of nitrogen functional groups attached to an aromatic ring is 1. The van der Waals surface area contributed by atoms with Crippen LogP contribution in [0, 0.1) is 17.0 Å². The van der Waals surface area contributed by atoms with E-state index in [4.69, 9.17) is 5.73 Å². The SMILES string of the molecule is Cc1cccc(N2CCC(Nc3cc(N)ccc3[N+](=O)[O-])CC2)n1. The molecule has 0 saturated carbocycles. The highest BCUT2D eigenvalue weighted by Crippen LogP contribution is 2.29. The van der Waals surface area contributed by atoms with Crippen LogP contribution >= 0.6 is 0 Å². The lowest BCUT2D eigenvalue weighted by Gasteiger charge is -2.33. The summed E-state index contributed by atoms with van der Waals surface area (Å²) in [5.74, 6) is 0.989. The zero-order chi connectivity index (χ0) is 17.1. The fourth-order valence-corrected chi connectivity index (χ4v) is 3.01. The number of hydrogen-bond donors (Lipinski definition) is 2. The average molecular weight is 327 g/mol. The van der Waals surface area contributed by atoms with Gasteiger partial charge in [0, 0.05) is 36.6 Å². The molecule has 1 aromatic carbocycles. The number of hydrogen-bond acceptors (Lipinski definition) is 6. The van der Waals surface area contributed by atoms with Crippen molar-refractivity contribution < 1.29 is 4.92 Å². The highest BCUT2D eigenvalue weighted by atomic mass is 16.6. The summed E-state index contributed by atoms with van der Waals surface area (Å²) in [5.41, 5.74) is 7.84. The smallest absolute Gasteiger partial charge is 0.292 e. The molecule has 0 aliphatic carbocycles. The van der Waals surface area contributed by atoms with E-state index >= 15 is 0 Å². The first-order valence-electron chi connectivity index (χ1n) is 8.02. The van der Waals surface area contributed by atoms with Crippen molar-refractivity contribution in [3.8, 4) is 0 Å². The van der Waals surface area contributed by atoms with E-state index < -0.39 is 0 Å². The molecule has 3 rings (SSSR count). The van der Waals surface area contributed by atoms with Crippen molar-refractivity contribution in [2.45, 2.75) is 25.8 Å². The molecule has 0 atom stereocenters. The number of nitrogens with two attached hydrogens (primary N) is 1. The minimum absolute atomic E-state index is 0.0620. The summed E-state index contributed by atoms with van der Waals surface area (Å²) in [6.07, 6.45) is 1.78. The molecular weight excluding hydrogens is 306 g/mol. The summed E-state index contributed by atoms with van der Waals surface area (Å²) in [5, 5.41) is 14.4. The summed E-state index contributed by atoms with van der Waals surface area (Å²) < 4.78 is 0. The fraction of sp³-hybridized carbons (Fsp3) is 0.353. The largest absolute Gasteiger partial charge is 0.399 e. The standard InChI is InChI=1S/C17H21N5O2/c1-12-3-2-4-17(19-12)21-9-7-14(8-10-21)20-15-11-13(18)5-6-16(15)22(23)24/h2-6,11,14,20H,7-10,18H2,1H3. The Morgan fingerprint density at radius 3 is 2.71 bits per heavy atom. The van der Waals surface area contributed by atoms with Crippen LogP contribution in [0.4, 0.5) is 22.9 Å². The van der Waals surface area contributed by atoms with Gasteiger partial charge < -0.3 is 16.0 Å². The summed E-state index contributed by atoms with van der Waals surface area (Å²) in [7, 11) is 0. The number of anilines is 3. The third kappa shape index (κ3) is 3.56. The van der Waals surface area contributed by atoms with Gasteiger partial charge in [0.1, 0.15) is 11.5 Å². The molecule has 0 bridgehead atoms. The zero-order valence-electron chi connectivity index (χ0n) is 13.6. The van der Waals surface area contributed by atoms with Crippen molar-refractivity contribution >= 4 is 22.9 Å². The average Bonchev–Trinajstić information content (AvgIpc) is 2.55. The fourth-order valence-electron chi connectivity index (χ4n) is 3.01. The number of benzene rings is 1. The van der Waals surface area contributed by atoms with Gasteiger partial charge in [0.05, 0.1) is 4.92 Å². The van der Waals surface area contributed by atoms with E-state index in [1.54, 1.807) is 12.1 Å². The highest BCUT2D eigenvalue weighted by molar-refractivity contribution is 5.67. The normalized spacial score (nSPS) is 15.3. The zero-order valence-corrected chi connectivity index (χ0v) is 13.6. The third-order valence-electron chi connectivity index (χ3n) is 4.27. The number of nitro groups is 1. The molecule has 7 nitrogen and oxygen atoms in total. The molecule has 1 fully saturated rings. The van der Waals surface area contributed by atoms with Gasteiger partial charge in [-0.1, -0.05) is 6.07 Å². The Morgan fingerprint density at radius 1 is 1.29 bits per heavy atom. The first-order valence-corrected chi connectivity index (χ1v) is 8.02. The maximum Gasteiger partial charge on any atom is 0.292 e. The molecule has 24 heavy (non-hydrogen) atoms. The van der Waals surface area contributed by atoms with Crippen molar-refractivity contribution in [3.63, 3.8) is 0 Å². The summed E-state index contributed by atoms with van der Waals surface area (Å²) in [6, 6.07) is 10.8.